The molecule has 2 aliphatic heterocycles. The van der Waals surface area contributed by atoms with Gasteiger partial charge in [-0.3, -0.25) is 9.48 Å². The van der Waals surface area contributed by atoms with Gasteiger partial charge in [-0.05, 0) is 56.0 Å². The normalized spacial score (nSPS) is 18.2. The van der Waals surface area contributed by atoms with Gasteiger partial charge in [0.15, 0.2) is 0 Å². The van der Waals surface area contributed by atoms with E-state index in [1.807, 2.05) is 6.92 Å². The van der Waals surface area contributed by atoms with Crippen LogP contribution in [0.4, 0.5) is 0 Å². The van der Waals surface area contributed by atoms with E-state index < -0.39 is 0 Å². The van der Waals surface area contributed by atoms with Crippen LogP contribution in [0.2, 0.25) is 0 Å². The van der Waals surface area contributed by atoms with Crippen molar-refractivity contribution in [3.05, 3.63) is 34.1 Å². The molecule has 0 aromatic carbocycles. The zero-order valence-electron chi connectivity index (χ0n) is 16.6. The highest BCUT2D eigenvalue weighted by atomic mass is 32.1. The number of aryl methyl sites for hydroxylation is 2. The molecule has 1 N–H and O–H groups in total. The monoisotopic (exact) mass is 418 g/mol. The Morgan fingerprint density at radius 3 is 2.97 bits per heavy atom. The van der Waals surface area contributed by atoms with Crippen molar-refractivity contribution in [2.45, 2.75) is 45.6 Å². The maximum atomic E-state index is 12.8. The second-order valence-electron chi connectivity index (χ2n) is 7.71. The molecule has 1 fully saturated rings. The Bertz CT molecular complexity index is 871. The lowest BCUT2D eigenvalue weighted by Gasteiger charge is -2.36. The van der Waals surface area contributed by atoms with Crippen molar-refractivity contribution >= 4 is 23.4 Å². The minimum atomic E-state index is -0.350. The SMILES string of the molecule is CCn1nc(CCCOC(=O)c2cnsc2)c2c1C(=O)NCC1(CCOCC1)C2. The highest BCUT2D eigenvalue weighted by Crippen LogP contribution is 2.37. The van der Waals surface area contributed by atoms with Crippen LogP contribution in [-0.2, 0) is 28.9 Å². The Morgan fingerprint density at radius 1 is 1.41 bits per heavy atom. The van der Waals surface area contributed by atoms with Crippen molar-refractivity contribution in [3.8, 4) is 0 Å². The Balaban J connectivity index is 1.47. The summed E-state index contributed by atoms with van der Waals surface area (Å²) in [6.07, 6.45) is 5.56. The molecule has 4 heterocycles. The standard InChI is InChI=1S/C20H26N4O4S/c1-2-24-17-15(10-20(13-21-18(17)25)5-8-27-9-6-20)16(23-24)4-3-7-28-19(26)14-11-22-29-12-14/h11-12H,2-10,13H2,1H3,(H,21,25). The molecule has 0 aliphatic carbocycles. The van der Waals surface area contributed by atoms with Crippen LogP contribution in [0.5, 0.6) is 0 Å². The summed E-state index contributed by atoms with van der Waals surface area (Å²) in [5.74, 6) is -0.391. The van der Waals surface area contributed by atoms with Gasteiger partial charge in [0, 0.05) is 37.2 Å². The fraction of sp³-hybridized carbons (Fsp3) is 0.600. The molecule has 8 nitrogen and oxygen atoms in total. The predicted octanol–water partition coefficient (Wildman–Crippen LogP) is 2.23. The van der Waals surface area contributed by atoms with Crippen LogP contribution in [0, 0.1) is 5.41 Å². The highest BCUT2D eigenvalue weighted by Gasteiger charge is 2.39. The van der Waals surface area contributed by atoms with E-state index in [-0.39, 0.29) is 17.3 Å². The molecule has 1 saturated heterocycles. The third-order valence-electron chi connectivity index (χ3n) is 5.84. The van der Waals surface area contributed by atoms with Gasteiger partial charge >= 0.3 is 5.97 Å². The Morgan fingerprint density at radius 2 is 2.24 bits per heavy atom. The number of aromatic nitrogens is 3. The van der Waals surface area contributed by atoms with Gasteiger partial charge in [0.2, 0.25) is 0 Å². The summed E-state index contributed by atoms with van der Waals surface area (Å²) in [6, 6.07) is 0. The molecule has 2 aromatic rings. The lowest BCUT2D eigenvalue weighted by atomic mass is 9.75. The number of hydrogen-bond donors (Lipinski definition) is 1. The number of hydrogen-bond acceptors (Lipinski definition) is 7. The summed E-state index contributed by atoms with van der Waals surface area (Å²) >= 11 is 1.23. The minimum absolute atomic E-state index is 0.0356. The van der Waals surface area contributed by atoms with Gasteiger partial charge < -0.3 is 14.8 Å². The summed E-state index contributed by atoms with van der Waals surface area (Å²) in [6.45, 7) is 5.10. The molecule has 2 aromatic heterocycles. The molecule has 9 heteroatoms. The third kappa shape index (κ3) is 4.20. The molecular formula is C20H26N4O4S. The summed E-state index contributed by atoms with van der Waals surface area (Å²) < 4.78 is 16.6. The van der Waals surface area contributed by atoms with E-state index in [0.29, 0.717) is 43.8 Å². The number of esters is 1. The molecule has 0 radical (unpaired) electrons. The van der Waals surface area contributed by atoms with Crippen molar-refractivity contribution in [2.24, 2.45) is 5.41 Å². The van der Waals surface area contributed by atoms with Crippen LogP contribution < -0.4 is 5.32 Å². The number of carbonyl (C=O) groups excluding carboxylic acids is 2. The molecule has 156 valence electrons. The number of fused-ring (bicyclic) bond motifs is 1. The first-order chi connectivity index (χ1) is 14.1. The van der Waals surface area contributed by atoms with Crippen LogP contribution in [0.3, 0.4) is 0 Å². The van der Waals surface area contributed by atoms with E-state index in [9.17, 15) is 9.59 Å². The van der Waals surface area contributed by atoms with Crippen molar-refractivity contribution in [3.63, 3.8) is 0 Å². The first-order valence-electron chi connectivity index (χ1n) is 10.1. The fourth-order valence-corrected chi connectivity index (χ4v) is 4.66. The first-order valence-corrected chi connectivity index (χ1v) is 11.0. The topological polar surface area (TPSA) is 95.3 Å². The number of nitrogens with one attached hydrogen (secondary N) is 1. The second-order valence-corrected chi connectivity index (χ2v) is 8.37. The largest absolute Gasteiger partial charge is 0.462 e. The molecule has 0 unspecified atom stereocenters. The average Bonchev–Trinajstić information content (AvgIpc) is 3.36. The molecule has 0 atom stereocenters. The molecule has 0 bridgehead atoms. The molecule has 1 amide bonds. The number of ether oxygens (including phenoxy) is 2. The Kier molecular flexibility index (Phi) is 5.96. The van der Waals surface area contributed by atoms with E-state index in [1.54, 1.807) is 10.1 Å². The van der Waals surface area contributed by atoms with E-state index in [1.165, 1.54) is 17.7 Å². The van der Waals surface area contributed by atoms with Crippen molar-refractivity contribution in [1.29, 1.82) is 0 Å². The third-order valence-corrected chi connectivity index (χ3v) is 6.42. The Hall–Kier alpha value is -2.26. The van der Waals surface area contributed by atoms with Crippen molar-refractivity contribution in [2.75, 3.05) is 26.4 Å². The second kappa shape index (κ2) is 8.62. The Labute approximate surface area is 173 Å². The maximum absolute atomic E-state index is 12.8. The molecule has 4 rings (SSSR count). The van der Waals surface area contributed by atoms with Crippen molar-refractivity contribution in [1.82, 2.24) is 19.5 Å². The lowest BCUT2D eigenvalue weighted by Crippen LogP contribution is -2.40. The molecule has 1 spiro atoms. The van der Waals surface area contributed by atoms with E-state index in [0.717, 1.165) is 43.7 Å². The van der Waals surface area contributed by atoms with Crippen LogP contribution in [-0.4, -0.2) is 52.4 Å². The smallest absolute Gasteiger partial charge is 0.340 e. The minimum Gasteiger partial charge on any atom is -0.462 e. The summed E-state index contributed by atoms with van der Waals surface area (Å²) in [7, 11) is 0. The quantitative estimate of drug-likeness (QED) is 0.571. The fourth-order valence-electron chi connectivity index (χ4n) is 4.16. The zero-order valence-corrected chi connectivity index (χ0v) is 17.4. The van der Waals surface area contributed by atoms with E-state index >= 15 is 0 Å². The summed E-state index contributed by atoms with van der Waals surface area (Å²) in [5, 5.41) is 9.52. The highest BCUT2D eigenvalue weighted by molar-refractivity contribution is 7.03. The van der Waals surface area contributed by atoms with Crippen LogP contribution in [0.1, 0.15) is 58.3 Å². The molecule has 29 heavy (non-hydrogen) atoms. The van der Waals surface area contributed by atoms with E-state index in [4.69, 9.17) is 14.6 Å². The molecule has 2 aliphatic rings. The van der Waals surface area contributed by atoms with Crippen molar-refractivity contribution < 1.29 is 19.1 Å². The maximum Gasteiger partial charge on any atom is 0.340 e. The van der Waals surface area contributed by atoms with Gasteiger partial charge in [-0.25, -0.2) is 9.17 Å². The number of nitrogens with zero attached hydrogens (tertiary/aromatic N) is 3. The average molecular weight is 419 g/mol. The number of carbonyl (C=O) groups is 2. The van der Waals surface area contributed by atoms with Gasteiger partial charge in [0.05, 0.1) is 24.1 Å². The van der Waals surface area contributed by atoms with Gasteiger partial charge in [-0.15, -0.1) is 0 Å². The van der Waals surface area contributed by atoms with Gasteiger partial charge in [-0.1, -0.05) is 0 Å². The number of rotatable bonds is 6. The lowest BCUT2D eigenvalue weighted by molar-refractivity contribution is 0.0160. The van der Waals surface area contributed by atoms with Gasteiger partial charge in [0.1, 0.15) is 5.69 Å². The van der Waals surface area contributed by atoms with E-state index in [2.05, 4.69) is 9.69 Å². The molecule has 0 saturated carbocycles. The summed E-state index contributed by atoms with van der Waals surface area (Å²) in [5.41, 5.74) is 3.20. The van der Waals surface area contributed by atoms with Gasteiger partial charge in [-0.2, -0.15) is 5.10 Å². The van der Waals surface area contributed by atoms with Crippen LogP contribution in [0.15, 0.2) is 11.6 Å². The van der Waals surface area contributed by atoms with Crippen LogP contribution in [0.25, 0.3) is 0 Å². The number of amides is 1. The summed E-state index contributed by atoms with van der Waals surface area (Å²) in [4.78, 5) is 24.7. The zero-order chi connectivity index (χ0) is 20.3. The predicted molar refractivity (Wildman–Crippen MR) is 107 cm³/mol. The van der Waals surface area contributed by atoms with Gasteiger partial charge in [0.25, 0.3) is 5.91 Å². The molecular weight excluding hydrogens is 392 g/mol. The van der Waals surface area contributed by atoms with Crippen LogP contribution >= 0.6 is 11.5 Å². The first kappa shape index (κ1) is 20.0.